The molecule has 4 amide bonds. The highest BCUT2D eigenvalue weighted by atomic mass is 16.2. The highest BCUT2D eigenvalue weighted by Crippen LogP contribution is 2.32. The minimum atomic E-state index is -0.650. The largest absolute Gasteiger partial charge is 0.330 e. The van der Waals surface area contributed by atoms with Crippen LogP contribution in [-0.4, -0.2) is 29.8 Å². The van der Waals surface area contributed by atoms with Gasteiger partial charge >= 0.3 is 6.03 Å². The van der Waals surface area contributed by atoms with Crippen LogP contribution in [0.5, 0.6) is 0 Å². The minimum absolute atomic E-state index is 0.108. The molecule has 1 saturated heterocycles. The molecule has 0 bridgehead atoms. The van der Waals surface area contributed by atoms with Crippen molar-refractivity contribution < 1.29 is 14.4 Å². The van der Waals surface area contributed by atoms with Crippen molar-refractivity contribution in [1.29, 1.82) is 0 Å². The number of nitrogens with one attached hydrogen (secondary N) is 1. The van der Waals surface area contributed by atoms with E-state index < -0.39 is 17.9 Å². The van der Waals surface area contributed by atoms with Gasteiger partial charge < -0.3 is 0 Å². The van der Waals surface area contributed by atoms with Crippen molar-refractivity contribution >= 4 is 17.8 Å². The lowest BCUT2D eigenvalue weighted by molar-refractivity contribution is -0.144. The Bertz CT molecular complexity index is 334. The number of carbonyl (C=O) groups excluding carboxylic acids is 3. The molecule has 5 nitrogen and oxygen atoms in total. The van der Waals surface area contributed by atoms with Gasteiger partial charge in [-0.2, -0.15) is 0 Å². The van der Waals surface area contributed by atoms with Gasteiger partial charge in [-0.3, -0.25) is 19.8 Å². The average molecular weight is 224 g/mol. The maximum atomic E-state index is 11.9. The summed E-state index contributed by atoms with van der Waals surface area (Å²) in [5.41, 5.74) is 0. The Kier molecular flexibility index (Phi) is 2.94. The second-order valence-electron chi connectivity index (χ2n) is 4.57. The third-order valence-electron chi connectivity index (χ3n) is 3.54. The molecule has 1 heterocycles. The first-order valence-corrected chi connectivity index (χ1v) is 5.73. The number of hydrogen-bond acceptors (Lipinski definition) is 3. The summed E-state index contributed by atoms with van der Waals surface area (Å²) in [5, 5.41) is 2.23. The third kappa shape index (κ3) is 1.81. The number of urea groups is 1. The van der Waals surface area contributed by atoms with Crippen LogP contribution in [0.15, 0.2) is 0 Å². The molecule has 1 N–H and O–H groups in total. The van der Waals surface area contributed by atoms with Crippen LogP contribution >= 0.6 is 0 Å². The lowest BCUT2D eigenvalue weighted by Gasteiger charge is -2.33. The highest BCUT2D eigenvalue weighted by Gasteiger charge is 2.43. The number of nitrogens with zero attached hydrogens (tertiary/aromatic N) is 1. The summed E-state index contributed by atoms with van der Waals surface area (Å²) in [7, 11) is 1.42. The summed E-state index contributed by atoms with van der Waals surface area (Å²) >= 11 is 0. The molecule has 2 rings (SSSR count). The van der Waals surface area contributed by atoms with Gasteiger partial charge in [0.15, 0.2) is 0 Å². The zero-order valence-corrected chi connectivity index (χ0v) is 9.36. The first-order valence-electron chi connectivity index (χ1n) is 5.73. The Morgan fingerprint density at radius 3 is 2.38 bits per heavy atom. The van der Waals surface area contributed by atoms with Gasteiger partial charge in [0.1, 0.15) is 5.92 Å². The van der Waals surface area contributed by atoms with Crippen LogP contribution in [0.1, 0.15) is 32.1 Å². The predicted octanol–water partition coefficient (Wildman–Crippen LogP) is 0.891. The molecule has 0 aromatic carbocycles. The van der Waals surface area contributed by atoms with E-state index in [1.807, 2.05) is 0 Å². The Hall–Kier alpha value is -1.39. The number of rotatable bonds is 1. The van der Waals surface area contributed by atoms with Crippen LogP contribution in [-0.2, 0) is 9.59 Å². The summed E-state index contributed by atoms with van der Waals surface area (Å²) in [6.07, 6.45) is 5.13. The maximum Gasteiger partial charge on any atom is 0.330 e. The molecule has 1 saturated carbocycles. The van der Waals surface area contributed by atoms with E-state index in [0.717, 1.165) is 30.6 Å². The first kappa shape index (κ1) is 11.1. The van der Waals surface area contributed by atoms with E-state index in [1.54, 1.807) is 0 Å². The van der Waals surface area contributed by atoms with Gasteiger partial charge in [0.25, 0.3) is 0 Å². The summed E-state index contributed by atoms with van der Waals surface area (Å²) in [6, 6.07) is -0.609. The molecular formula is C11H16N2O3. The second kappa shape index (κ2) is 4.23. The van der Waals surface area contributed by atoms with Gasteiger partial charge in [-0.05, 0) is 18.8 Å². The van der Waals surface area contributed by atoms with Crippen LogP contribution in [0.4, 0.5) is 4.79 Å². The normalized spacial score (nSPS) is 28.2. The molecule has 0 aromatic heterocycles. The molecule has 88 valence electrons. The standard InChI is InChI=1S/C11H16N2O3/c1-13-10(15)8(9(14)12-11(13)16)7-5-3-2-4-6-7/h7-8H,2-6H2,1H3,(H,12,14,16). The molecule has 2 aliphatic rings. The van der Waals surface area contributed by atoms with Gasteiger partial charge in [0.2, 0.25) is 11.8 Å². The first-order chi connectivity index (χ1) is 7.61. The van der Waals surface area contributed by atoms with Crippen molar-refractivity contribution in [2.75, 3.05) is 7.05 Å². The van der Waals surface area contributed by atoms with Gasteiger partial charge in [-0.1, -0.05) is 19.3 Å². The molecule has 0 spiro atoms. The Morgan fingerprint density at radius 2 is 1.75 bits per heavy atom. The van der Waals surface area contributed by atoms with Crippen molar-refractivity contribution in [1.82, 2.24) is 10.2 Å². The molecule has 0 aromatic rings. The lowest BCUT2D eigenvalue weighted by Crippen LogP contribution is -2.58. The highest BCUT2D eigenvalue weighted by molar-refractivity contribution is 6.16. The number of imide groups is 2. The van der Waals surface area contributed by atoms with Gasteiger partial charge in [-0.25, -0.2) is 4.79 Å². The zero-order valence-electron chi connectivity index (χ0n) is 9.36. The Morgan fingerprint density at radius 1 is 1.12 bits per heavy atom. The monoisotopic (exact) mass is 224 g/mol. The Labute approximate surface area is 94.2 Å². The summed E-state index contributed by atoms with van der Waals surface area (Å²) < 4.78 is 0. The van der Waals surface area contributed by atoms with Crippen molar-refractivity contribution in [2.45, 2.75) is 32.1 Å². The van der Waals surface area contributed by atoms with Crippen molar-refractivity contribution in [3.8, 4) is 0 Å². The molecule has 16 heavy (non-hydrogen) atoms. The van der Waals surface area contributed by atoms with E-state index in [1.165, 1.54) is 13.5 Å². The van der Waals surface area contributed by atoms with E-state index in [4.69, 9.17) is 0 Å². The van der Waals surface area contributed by atoms with E-state index >= 15 is 0 Å². The molecule has 1 atom stereocenters. The smallest absolute Gasteiger partial charge is 0.277 e. The van der Waals surface area contributed by atoms with Crippen molar-refractivity contribution in [3.63, 3.8) is 0 Å². The number of carbonyl (C=O) groups is 3. The fourth-order valence-electron chi connectivity index (χ4n) is 2.57. The summed E-state index contributed by atoms with van der Waals surface area (Å²) in [4.78, 5) is 35.8. The fraction of sp³-hybridized carbons (Fsp3) is 0.727. The molecule has 1 unspecified atom stereocenters. The van der Waals surface area contributed by atoms with Crippen molar-refractivity contribution in [2.24, 2.45) is 11.8 Å². The summed E-state index contributed by atoms with van der Waals surface area (Å²) in [5.74, 6) is -1.31. The van der Waals surface area contributed by atoms with Crippen LogP contribution in [0.3, 0.4) is 0 Å². The summed E-state index contributed by atoms with van der Waals surface area (Å²) in [6.45, 7) is 0. The topological polar surface area (TPSA) is 66.5 Å². The molecule has 5 heteroatoms. The van der Waals surface area contributed by atoms with Gasteiger partial charge in [0.05, 0.1) is 0 Å². The fourth-order valence-corrected chi connectivity index (χ4v) is 2.57. The van der Waals surface area contributed by atoms with E-state index in [9.17, 15) is 14.4 Å². The number of hydrogen-bond donors (Lipinski definition) is 1. The van der Waals surface area contributed by atoms with Crippen molar-refractivity contribution in [3.05, 3.63) is 0 Å². The molecule has 0 radical (unpaired) electrons. The van der Waals surface area contributed by atoms with Crippen LogP contribution < -0.4 is 5.32 Å². The SMILES string of the molecule is CN1C(=O)NC(=O)C(C2CCCCC2)C1=O. The van der Waals surface area contributed by atoms with E-state index in [0.29, 0.717) is 0 Å². The average Bonchev–Trinajstić information content (AvgIpc) is 2.28. The van der Waals surface area contributed by atoms with Gasteiger partial charge in [-0.15, -0.1) is 0 Å². The molecule has 1 aliphatic heterocycles. The lowest BCUT2D eigenvalue weighted by atomic mass is 9.78. The van der Waals surface area contributed by atoms with E-state index in [-0.39, 0.29) is 11.8 Å². The van der Waals surface area contributed by atoms with Gasteiger partial charge in [0, 0.05) is 7.05 Å². The number of barbiturate groups is 1. The third-order valence-corrected chi connectivity index (χ3v) is 3.54. The van der Waals surface area contributed by atoms with Crippen LogP contribution in [0, 0.1) is 11.8 Å². The second-order valence-corrected chi connectivity index (χ2v) is 4.57. The maximum absolute atomic E-state index is 11.9. The minimum Gasteiger partial charge on any atom is -0.277 e. The molecule has 2 fully saturated rings. The number of amides is 4. The van der Waals surface area contributed by atoms with E-state index in [2.05, 4.69) is 5.32 Å². The molecular weight excluding hydrogens is 208 g/mol. The Balaban J connectivity index is 2.15. The predicted molar refractivity (Wildman–Crippen MR) is 56.4 cm³/mol. The zero-order chi connectivity index (χ0) is 11.7. The van der Waals surface area contributed by atoms with Crippen LogP contribution in [0.25, 0.3) is 0 Å². The quantitative estimate of drug-likeness (QED) is 0.673. The molecule has 1 aliphatic carbocycles. The van der Waals surface area contributed by atoms with Crippen LogP contribution in [0.2, 0.25) is 0 Å².